The van der Waals surface area contributed by atoms with Crippen molar-refractivity contribution in [2.45, 2.75) is 0 Å². The number of benzene rings is 1. The summed E-state index contributed by atoms with van der Waals surface area (Å²) < 4.78 is 74.1. The second-order valence-corrected chi connectivity index (χ2v) is 4.36. The van der Waals surface area contributed by atoms with Crippen molar-refractivity contribution >= 4 is 13.7 Å². The van der Waals surface area contributed by atoms with Crippen LogP contribution in [-0.2, 0) is 4.57 Å². The molecule has 2 N–H and O–H groups in total. The minimum absolute atomic E-state index is 0.0330. The molecule has 0 saturated heterocycles. The molecule has 94 valence electrons. The van der Waals surface area contributed by atoms with E-state index in [-0.39, 0.29) is 11.9 Å². The zero-order valence-electron chi connectivity index (χ0n) is 7.79. The Labute approximate surface area is 91.4 Å². The van der Waals surface area contributed by atoms with E-state index in [9.17, 15) is 26.5 Å². The van der Waals surface area contributed by atoms with Crippen LogP contribution in [0.15, 0.2) is 5.82 Å². The summed E-state index contributed by atoms with van der Waals surface area (Å²) in [6, 6.07) is 0. The van der Waals surface area contributed by atoms with Gasteiger partial charge in [-0.15, -0.1) is 0 Å². The molecule has 0 fully saturated rings. The number of hydrogen-bond donors (Lipinski definition) is 2. The van der Waals surface area contributed by atoms with Crippen LogP contribution in [0.1, 0.15) is 5.56 Å². The Balaban J connectivity index is 3.45. The first-order valence-corrected chi connectivity index (χ1v) is 5.59. The van der Waals surface area contributed by atoms with E-state index >= 15 is 0 Å². The van der Waals surface area contributed by atoms with Gasteiger partial charge in [0.25, 0.3) is 0 Å². The molecule has 0 bridgehead atoms. The van der Waals surface area contributed by atoms with E-state index in [4.69, 9.17) is 9.79 Å². The summed E-state index contributed by atoms with van der Waals surface area (Å²) in [5, 5.41) is 0. The number of rotatable bonds is 2. The van der Waals surface area contributed by atoms with Crippen molar-refractivity contribution in [1.82, 2.24) is 0 Å². The van der Waals surface area contributed by atoms with Crippen LogP contribution in [0.3, 0.4) is 0 Å². The molecule has 0 radical (unpaired) electrons. The largest absolute Gasteiger partial charge is 0.349 e. The van der Waals surface area contributed by atoms with E-state index in [2.05, 4.69) is 0 Å². The fourth-order valence-electron chi connectivity index (χ4n) is 0.940. The third-order valence-corrected chi connectivity index (χ3v) is 2.22. The molecule has 1 aromatic rings. The molecule has 0 atom stereocenters. The van der Waals surface area contributed by atoms with Crippen molar-refractivity contribution in [3.05, 3.63) is 40.5 Å². The van der Waals surface area contributed by atoms with E-state index < -0.39 is 42.2 Å². The van der Waals surface area contributed by atoms with E-state index in [0.717, 1.165) is 0 Å². The van der Waals surface area contributed by atoms with Crippen LogP contribution in [0.4, 0.5) is 22.0 Å². The van der Waals surface area contributed by atoms with Crippen molar-refractivity contribution < 1.29 is 36.3 Å². The zero-order chi connectivity index (χ0) is 13.4. The molecular formula is C8H4F5O3P. The minimum atomic E-state index is -4.77. The van der Waals surface area contributed by atoms with Gasteiger partial charge in [-0.2, -0.15) is 0 Å². The monoisotopic (exact) mass is 274 g/mol. The van der Waals surface area contributed by atoms with Gasteiger partial charge in [0.1, 0.15) is 0 Å². The Morgan fingerprint density at radius 3 is 1.53 bits per heavy atom. The fourth-order valence-corrected chi connectivity index (χ4v) is 1.28. The maximum absolute atomic E-state index is 13.0. The average molecular weight is 274 g/mol. The molecule has 0 aliphatic carbocycles. The standard InChI is InChI=1S/C8H4F5O3P/c9-4-3(1-2-17(14,15)16)5(10)7(12)8(13)6(4)11/h1-2H,(H2,14,15,16). The zero-order valence-corrected chi connectivity index (χ0v) is 8.69. The maximum atomic E-state index is 13.0. The lowest BCUT2D eigenvalue weighted by atomic mass is 10.1. The normalized spacial score (nSPS) is 12.4. The molecule has 9 heteroatoms. The lowest BCUT2D eigenvalue weighted by Gasteiger charge is -2.04. The first-order valence-electron chi connectivity index (χ1n) is 3.91. The number of halogens is 5. The summed E-state index contributed by atoms with van der Waals surface area (Å²) in [5.41, 5.74) is -1.41. The van der Waals surface area contributed by atoms with Crippen LogP contribution in [-0.4, -0.2) is 9.79 Å². The van der Waals surface area contributed by atoms with Crippen LogP contribution in [0.5, 0.6) is 0 Å². The summed E-state index contributed by atoms with van der Waals surface area (Å²) >= 11 is 0. The predicted molar refractivity (Wildman–Crippen MR) is 47.3 cm³/mol. The molecule has 0 saturated carbocycles. The minimum Gasteiger partial charge on any atom is -0.321 e. The third-order valence-electron chi connectivity index (χ3n) is 1.68. The molecular weight excluding hydrogens is 270 g/mol. The highest BCUT2D eigenvalue weighted by atomic mass is 31.2. The molecule has 0 spiro atoms. The highest BCUT2D eigenvalue weighted by Gasteiger charge is 2.24. The van der Waals surface area contributed by atoms with Crippen molar-refractivity contribution in [3.8, 4) is 0 Å². The maximum Gasteiger partial charge on any atom is 0.349 e. The van der Waals surface area contributed by atoms with Gasteiger partial charge in [-0.05, 0) is 6.08 Å². The Morgan fingerprint density at radius 2 is 1.18 bits per heavy atom. The van der Waals surface area contributed by atoms with Gasteiger partial charge in [0, 0.05) is 5.82 Å². The van der Waals surface area contributed by atoms with E-state index in [0.29, 0.717) is 0 Å². The first kappa shape index (κ1) is 13.8. The Hall–Kier alpha value is -1.24. The van der Waals surface area contributed by atoms with Gasteiger partial charge in [0.15, 0.2) is 23.3 Å². The summed E-state index contributed by atoms with van der Waals surface area (Å²) in [7, 11) is -4.77. The topological polar surface area (TPSA) is 57.5 Å². The molecule has 0 amide bonds. The summed E-state index contributed by atoms with van der Waals surface area (Å²) in [4.78, 5) is 16.7. The van der Waals surface area contributed by atoms with Crippen LogP contribution in [0.25, 0.3) is 6.08 Å². The number of hydrogen-bond acceptors (Lipinski definition) is 1. The molecule has 0 heterocycles. The SMILES string of the molecule is O=P(O)(O)C=Cc1c(F)c(F)c(F)c(F)c1F. The Kier molecular flexibility index (Phi) is 3.71. The average Bonchev–Trinajstić information content (AvgIpc) is 2.22. The van der Waals surface area contributed by atoms with Crippen LogP contribution < -0.4 is 0 Å². The first-order chi connectivity index (χ1) is 7.65. The summed E-state index contributed by atoms with van der Waals surface area (Å²) in [5.74, 6) is -11.0. The highest BCUT2D eigenvalue weighted by Crippen LogP contribution is 2.37. The molecule has 17 heavy (non-hydrogen) atoms. The van der Waals surface area contributed by atoms with Crippen LogP contribution in [0.2, 0.25) is 0 Å². The highest BCUT2D eigenvalue weighted by molar-refractivity contribution is 7.55. The Morgan fingerprint density at radius 1 is 0.824 bits per heavy atom. The molecule has 0 unspecified atom stereocenters. The van der Waals surface area contributed by atoms with Gasteiger partial charge in [0.05, 0.1) is 5.56 Å². The predicted octanol–water partition coefficient (Wildman–Crippen LogP) is 2.53. The van der Waals surface area contributed by atoms with Crippen LogP contribution >= 0.6 is 7.60 Å². The van der Waals surface area contributed by atoms with Gasteiger partial charge in [-0.3, -0.25) is 4.57 Å². The summed E-state index contributed by atoms with van der Waals surface area (Å²) in [6.07, 6.45) is 0.136. The molecule has 0 aliphatic heterocycles. The van der Waals surface area contributed by atoms with Crippen LogP contribution in [0, 0.1) is 29.1 Å². The van der Waals surface area contributed by atoms with Gasteiger partial charge in [-0.25, -0.2) is 22.0 Å². The second kappa shape index (κ2) is 4.56. The van der Waals surface area contributed by atoms with Crippen molar-refractivity contribution in [2.24, 2.45) is 0 Å². The van der Waals surface area contributed by atoms with E-state index in [1.807, 2.05) is 0 Å². The van der Waals surface area contributed by atoms with Gasteiger partial charge in [0.2, 0.25) is 5.82 Å². The smallest absolute Gasteiger partial charge is 0.321 e. The van der Waals surface area contributed by atoms with Gasteiger partial charge >= 0.3 is 7.60 Å². The quantitative estimate of drug-likeness (QED) is 0.377. The lowest BCUT2D eigenvalue weighted by Crippen LogP contribution is -2.03. The Bertz CT molecular complexity index is 507. The molecule has 1 rings (SSSR count). The lowest BCUT2D eigenvalue weighted by molar-refractivity contribution is 0.376. The summed E-state index contributed by atoms with van der Waals surface area (Å²) in [6.45, 7) is 0. The van der Waals surface area contributed by atoms with Gasteiger partial charge in [-0.1, -0.05) is 0 Å². The molecule has 0 aliphatic rings. The molecule has 0 aromatic heterocycles. The van der Waals surface area contributed by atoms with E-state index in [1.165, 1.54) is 0 Å². The van der Waals surface area contributed by atoms with Crippen molar-refractivity contribution in [2.75, 3.05) is 0 Å². The van der Waals surface area contributed by atoms with Crippen molar-refractivity contribution in [3.63, 3.8) is 0 Å². The second-order valence-electron chi connectivity index (χ2n) is 2.89. The van der Waals surface area contributed by atoms with Crippen molar-refractivity contribution in [1.29, 1.82) is 0 Å². The fraction of sp³-hybridized carbons (Fsp3) is 0. The van der Waals surface area contributed by atoms with Gasteiger partial charge < -0.3 is 9.79 Å². The third kappa shape index (κ3) is 2.91. The molecule has 1 aromatic carbocycles. The molecule has 3 nitrogen and oxygen atoms in total. The van der Waals surface area contributed by atoms with E-state index in [1.54, 1.807) is 0 Å².